The van der Waals surface area contributed by atoms with Gasteiger partial charge in [0, 0.05) is 13.7 Å². The highest BCUT2D eigenvalue weighted by atomic mass is 16.5. The quantitative estimate of drug-likeness (QED) is 0.444. The molecule has 0 spiro atoms. The highest BCUT2D eigenvalue weighted by Crippen LogP contribution is 2.51. The van der Waals surface area contributed by atoms with Crippen LogP contribution in [0.1, 0.15) is 107 Å². The molecule has 2 heteroatoms. The number of allylic oxidation sites excluding steroid dienone is 1. The summed E-state index contributed by atoms with van der Waals surface area (Å²) in [6.45, 7) is 5.16. The van der Waals surface area contributed by atoms with Gasteiger partial charge in [-0.3, -0.25) is 0 Å². The van der Waals surface area contributed by atoms with Crippen molar-refractivity contribution in [2.75, 3.05) is 26.8 Å². The molecule has 0 radical (unpaired) electrons. The summed E-state index contributed by atoms with van der Waals surface area (Å²) in [7, 11) is 1.88. The molecule has 30 heavy (non-hydrogen) atoms. The first-order valence-electron chi connectivity index (χ1n) is 12.8. The maximum absolute atomic E-state index is 5.88. The Kier molecular flexibility index (Phi) is 7.70. The molecule has 0 bridgehead atoms. The standard InChI is InChI=1S/C28H43NO/c1-3-4-18-29-20-28(21-30-2)19-25(23-14-9-6-10-15-23)27-24(16-11-17-26(27)28)22-12-7-5-8-13-22/h11,16-17,19,22-23,29H,3-10,12-15,18,20-21H2,1-2H3. The highest BCUT2D eigenvalue weighted by Gasteiger charge is 2.42. The summed E-state index contributed by atoms with van der Waals surface area (Å²) in [5.41, 5.74) is 6.54. The van der Waals surface area contributed by atoms with Crippen molar-refractivity contribution < 1.29 is 4.74 Å². The summed E-state index contributed by atoms with van der Waals surface area (Å²) in [6, 6.07) is 7.24. The largest absolute Gasteiger partial charge is 0.383 e. The Balaban J connectivity index is 1.74. The lowest BCUT2D eigenvalue weighted by molar-refractivity contribution is 0.151. The van der Waals surface area contributed by atoms with Crippen molar-refractivity contribution in [2.45, 2.75) is 95.3 Å². The summed E-state index contributed by atoms with van der Waals surface area (Å²) >= 11 is 0. The van der Waals surface area contributed by atoms with Gasteiger partial charge in [0.15, 0.2) is 0 Å². The average molecular weight is 410 g/mol. The molecule has 1 N–H and O–H groups in total. The lowest BCUT2D eigenvalue weighted by Crippen LogP contribution is -2.40. The van der Waals surface area contributed by atoms with Crippen LogP contribution in [-0.4, -0.2) is 26.8 Å². The molecule has 0 heterocycles. The fourth-order valence-corrected chi connectivity index (χ4v) is 6.43. The van der Waals surface area contributed by atoms with Crippen molar-refractivity contribution in [3.05, 3.63) is 41.0 Å². The van der Waals surface area contributed by atoms with E-state index in [9.17, 15) is 0 Å². The van der Waals surface area contributed by atoms with Gasteiger partial charge in [-0.05, 0) is 72.7 Å². The fourth-order valence-electron chi connectivity index (χ4n) is 6.43. The van der Waals surface area contributed by atoms with Crippen LogP contribution in [-0.2, 0) is 10.2 Å². The third-order valence-electron chi connectivity index (χ3n) is 7.99. The van der Waals surface area contributed by atoms with Gasteiger partial charge in [0.2, 0.25) is 0 Å². The van der Waals surface area contributed by atoms with E-state index >= 15 is 0 Å². The molecule has 1 aromatic rings. The van der Waals surface area contributed by atoms with E-state index in [-0.39, 0.29) is 5.41 Å². The lowest BCUT2D eigenvalue weighted by Gasteiger charge is -2.31. The normalized spacial score (nSPS) is 25.3. The molecule has 2 saturated carbocycles. The number of benzene rings is 1. The number of ether oxygens (including phenoxy) is 1. The average Bonchev–Trinajstić information content (AvgIpc) is 3.13. The van der Waals surface area contributed by atoms with E-state index < -0.39 is 0 Å². The van der Waals surface area contributed by atoms with Crippen LogP contribution in [0.25, 0.3) is 5.57 Å². The molecule has 0 aliphatic heterocycles. The van der Waals surface area contributed by atoms with Crippen LogP contribution in [0.3, 0.4) is 0 Å². The number of unbranched alkanes of at least 4 members (excludes halogenated alkanes) is 1. The number of rotatable bonds is 9. The second-order valence-corrected chi connectivity index (χ2v) is 10.2. The van der Waals surface area contributed by atoms with Gasteiger partial charge in [-0.25, -0.2) is 0 Å². The smallest absolute Gasteiger partial charge is 0.0606 e. The Morgan fingerprint density at radius 1 is 0.967 bits per heavy atom. The number of fused-ring (bicyclic) bond motifs is 1. The molecule has 1 atom stereocenters. The molecular formula is C28H43NO. The summed E-state index contributed by atoms with van der Waals surface area (Å²) in [5.74, 6) is 1.50. The van der Waals surface area contributed by atoms with Crippen LogP contribution >= 0.6 is 0 Å². The van der Waals surface area contributed by atoms with Crippen LogP contribution in [0.2, 0.25) is 0 Å². The zero-order valence-electron chi connectivity index (χ0n) is 19.5. The molecule has 1 aromatic carbocycles. The maximum Gasteiger partial charge on any atom is 0.0606 e. The third-order valence-corrected chi connectivity index (χ3v) is 7.99. The minimum atomic E-state index is -0.00468. The third kappa shape index (κ3) is 4.55. The van der Waals surface area contributed by atoms with E-state index in [1.165, 1.54) is 77.0 Å². The predicted octanol–water partition coefficient (Wildman–Crippen LogP) is 6.99. The predicted molar refractivity (Wildman–Crippen MR) is 128 cm³/mol. The van der Waals surface area contributed by atoms with Gasteiger partial charge in [-0.2, -0.15) is 0 Å². The highest BCUT2D eigenvalue weighted by molar-refractivity contribution is 5.81. The van der Waals surface area contributed by atoms with Crippen LogP contribution < -0.4 is 5.32 Å². The number of methoxy groups -OCH3 is 1. The Morgan fingerprint density at radius 3 is 2.33 bits per heavy atom. The fraction of sp³-hybridized carbons (Fsp3) is 0.714. The number of hydrogen-bond donors (Lipinski definition) is 1. The van der Waals surface area contributed by atoms with Crippen molar-refractivity contribution in [1.82, 2.24) is 5.32 Å². The van der Waals surface area contributed by atoms with Crippen molar-refractivity contribution >= 4 is 5.57 Å². The summed E-state index contributed by atoms with van der Waals surface area (Å²) < 4.78 is 5.88. The van der Waals surface area contributed by atoms with Gasteiger partial charge >= 0.3 is 0 Å². The van der Waals surface area contributed by atoms with E-state index in [0.717, 1.165) is 31.5 Å². The number of hydrogen-bond acceptors (Lipinski definition) is 2. The van der Waals surface area contributed by atoms with Crippen molar-refractivity contribution in [3.63, 3.8) is 0 Å². The van der Waals surface area contributed by atoms with Crippen LogP contribution in [0.15, 0.2) is 24.3 Å². The summed E-state index contributed by atoms with van der Waals surface area (Å²) in [6.07, 6.45) is 19.1. The Bertz CT molecular complexity index is 711. The van der Waals surface area contributed by atoms with Crippen molar-refractivity contribution in [2.24, 2.45) is 5.92 Å². The van der Waals surface area contributed by atoms with Gasteiger partial charge in [-0.15, -0.1) is 0 Å². The van der Waals surface area contributed by atoms with E-state index in [1.807, 2.05) is 7.11 Å². The minimum absolute atomic E-state index is 0.00468. The van der Waals surface area contributed by atoms with E-state index in [0.29, 0.717) is 0 Å². The maximum atomic E-state index is 5.88. The Hall–Kier alpha value is -1.12. The summed E-state index contributed by atoms with van der Waals surface area (Å²) in [5, 5.41) is 3.79. The zero-order valence-corrected chi connectivity index (χ0v) is 19.5. The molecule has 0 saturated heterocycles. The monoisotopic (exact) mass is 409 g/mol. The molecule has 166 valence electrons. The molecule has 0 aromatic heterocycles. The first-order valence-corrected chi connectivity index (χ1v) is 12.8. The van der Waals surface area contributed by atoms with E-state index in [2.05, 4.69) is 36.5 Å². The molecule has 3 aliphatic rings. The topological polar surface area (TPSA) is 21.3 Å². The second kappa shape index (κ2) is 10.5. The molecule has 2 fully saturated rings. The van der Waals surface area contributed by atoms with Gasteiger partial charge in [-0.1, -0.05) is 76.1 Å². The Labute approximate surface area is 184 Å². The molecule has 3 aliphatic carbocycles. The minimum Gasteiger partial charge on any atom is -0.383 e. The van der Waals surface area contributed by atoms with Crippen LogP contribution in [0.4, 0.5) is 0 Å². The first-order chi connectivity index (χ1) is 14.8. The van der Waals surface area contributed by atoms with Gasteiger partial charge in [0.05, 0.1) is 12.0 Å². The van der Waals surface area contributed by atoms with Gasteiger partial charge in [0.1, 0.15) is 0 Å². The second-order valence-electron chi connectivity index (χ2n) is 10.2. The molecule has 0 amide bonds. The zero-order chi connectivity index (χ0) is 20.8. The van der Waals surface area contributed by atoms with E-state index in [1.54, 1.807) is 22.3 Å². The molecule has 4 rings (SSSR count). The SMILES string of the molecule is CCCCNCC1(COC)C=C(C2CCCCC2)c2c(C3CCCCC3)cccc21. The summed E-state index contributed by atoms with van der Waals surface area (Å²) in [4.78, 5) is 0. The van der Waals surface area contributed by atoms with Crippen molar-refractivity contribution in [1.29, 1.82) is 0 Å². The van der Waals surface area contributed by atoms with Crippen LogP contribution in [0, 0.1) is 5.92 Å². The van der Waals surface area contributed by atoms with Gasteiger partial charge < -0.3 is 10.1 Å². The first kappa shape index (κ1) is 22.1. The van der Waals surface area contributed by atoms with E-state index in [4.69, 9.17) is 4.74 Å². The molecule has 2 nitrogen and oxygen atoms in total. The molecular weight excluding hydrogens is 366 g/mol. The number of nitrogens with one attached hydrogen (secondary N) is 1. The van der Waals surface area contributed by atoms with Crippen LogP contribution in [0.5, 0.6) is 0 Å². The van der Waals surface area contributed by atoms with Gasteiger partial charge in [0.25, 0.3) is 0 Å². The molecule has 1 unspecified atom stereocenters. The lowest BCUT2D eigenvalue weighted by atomic mass is 9.75. The van der Waals surface area contributed by atoms with Crippen molar-refractivity contribution in [3.8, 4) is 0 Å². The Morgan fingerprint density at radius 2 is 1.67 bits per heavy atom.